The van der Waals surface area contributed by atoms with E-state index in [0.717, 1.165) is 11.1 Å². The number of nitrogens with zero attached hydrogens (tertiary/aromatic N) is 2. The van der Waals surface area contributed by atoms with Gasteiger partial charge < -0.3 is 15.2 Å². The maximum absolute atomic E-state index is 9.83. The zero-order chi connectivity index (χ0) is 15.1. The minimum atomic E-state index is -0.533. The summed E-state index contributed by atoms with van der Waals surface area (Å²) in [4.78, 5) is 0. The molecule has 0 fully saturated rings. The van der Waals surface area contributed by atoms with Gasteiger partial charge in [0.25, 0.3) is 0 Å². The quantitative estimate of drug-likeness (QED) is 0.780. The zero-order valence-electron chi connectivity index (χ0n) is 12.0. The van der Waals surface area contributed by atoms with Gasteiger partial charge >= 0.3 is 0 Å². The Bertz CT molecular complexity index is 542. The van der Waals surface area contributed by atoms with Crippen LogP contribution < -0.4 is 5.32 Å². The zero-order valence-corrected chi connectivity index (χ0v) is 12.8. The van der Waals surface area contributed by atoms with Gasteiger partial charge in [0.2, 0.25) is 0 Å². The van der Waals surface area contributed by atoms with Gasteiger partial charge in [-0.2, -0.15) is 5.10 Å². The minimum absolute atomic E-state index is 0.294. The molecule has 0 amide bonds. The lowest BCUT2D eigenvalue weighted by atomic mass is 10.2. The molecule has 0 aliphatic rings. The predicted molar refractivity (Wildman–Crippen MR) is 82.0 cm³/mol. The highest BCUT2D eigenvalue weighted by molar-refractivity contribution is 6.30. The molecule has 1 atom stereocenters. The Kier molecular flexibility index (Phi) is 6.20. The summed E-state index contributed by atoms with van der Waals surface area (Å²) in [6, 6.07) is 7.48. The highest BCUT2D eigenvalue weighted by atomic mass is 35.5. The van der Waals surface area contributed by atoms with Gasteiger partial charge in [0.1, 0.15) is 0 Å². The number of aryl methyl sites for hydroxylation is 1. The third-order valence-electron chi connectivity index (χ3n) is 2.96. The molecule has 21 heavy (non-hydrogen) atoms. The van der Waals surface area contributed by atoms with Crippen LogP contribution >= 0.6 is 11.6 Å². The second-order valence-corrected chi connectivity index (χ2v) is 5.39. The number of nitrogens with one attached hydrogen (secondary N) is 1. The Labute approximate surface area is 129 Å². The first-order valence-electron chi connectivity index (χ1n) is 6.82. The van der Waals surface area contributed by atoms with Crippen LogP contribution in [0.5, 0.6) is 0 Å². The molecule has 0 aliphatic carbocycles. The molecule has 6 heteroatoms. The van der Waals surface area contributed by atoms with E-state index in [4.69, 9.17) is 16.3 Å². The lowest BCUT2D eigenvalue weighted by Crippen LogP contribution is -2.30. The molecule has 2 aromatic rings. The van der Waals surface area contributed by atoms with Crippen LogP contribution in [0, 0.1) is 0 Å². The molecule has 0 bridgehead atoms. The predicted octanol–water partition coefficient (Wildman–Crippen LogP) is 1.74. The molecule has 0 spiro atoms. The van der Waals surface area contributed by atoms with E-state index in [2.05, 4.69) is 10.4 Å². The molecule has 1 aromatic carbocycles. The minimum Gasteiger partial charge on any atom is -0.389 e. The molecule has 1 aromatic heterocycles. The SMILES string of the molecule is Cn1cc(CNCC(O)COCc2ccc(Cl)cc2)cn1. The molecular formula is C15H20ClN3O2. The summed E-state index contributed by atoms with van der Waals surface area (Å²) in [6.45, 7) is 1.93. The molecule has 114 valence electrons. The highest BCUT2D eigenvalue weighted by Gasteiger charge is 2.05. The van der Waals surface area contributed by atoms with Crippen LogP contribution in [0.2, 0.25) is 5.02 Å². The van der Waals surface area contributed by atoms with Gasteiger partial charge in [-0.3, -0.25) is 4.68 Å². The van der Waals surface area contributed by atoms with Crippen LogP contribution in [-0.4, -0.2) is 34.1 Å². The number of hydrogen-bond donors (Lipinski definition) is 2. The molecule has 1 unspecified atom stereocenters. The summed E-state index contributed by atoms with van der Waals surface area (Å²) >= 11 is 5.81. The summed E-state index contributed by atoms with van der Waals surface area (Å²) in [5, 5.41) is 17.8. The van der Waals surface area contributed by atoms with Gasteiger partial charge in [-0.25, -0.2) is 0 Å². The molecule has 2 rings (SSSR count). The van der Waals surface area contributed by atoms with Crippen molar-refractivity contribution < 1.29 is 9.84 Å². The van der Waals surface area contributed by atoms with Crippen LogP contribution in [0.15, 0.2) is 36.7 Å². The van der Waals surface area contributed by atoms with Crippen molar-refractivity contribution in [1.82, 2.24) is 15.1 Å². The standard InChI is InChI=1S/C15H20ClN3O2/c1-19-9-13(7-18-19)6-17-8-15(20)11-21-10-12-2-4-14(16)5-3-12/h2-5,7,9,15,17,20H,6,8,10-11H2,1H3. The maximum Gasteiger partial charge on any atom is 0.0897 e. The third-order valence-corrected chi connectivity index (χ3v) is 3.21. The third kappa shape index (κ3) is 5.85. The number of rotatable bonds is 8. The van der Waals surface area contributed by atoms with Crippen LogP contribution in [0.4, 0.5) is 0 Å². The fraction of sp³-hybridized carbons (Fsp3) is 0.400. The number of aliphatic hydroxyl groups excluding tert-OH is 1. The van der Waals surface area contributed by atoms with E-state index in [1.165, 1.54) is 0 Å². The number of aromatic nitrogens is 2. The van der Waals surface area contributed by atoms with E-state index in [1.807, 2.05) is 37.5 Å². The lowest BCUT2D eigenvalue weighted by molar-refractivity contribution is 0.0287. The highest BCUT2D eigenvalue weighted by Crippen LogP contribution is 2.10. The lowest BCUT2D eigenvalue weighted by Gasteiger charge is -2.12. The van der Waals surface area contributed by atoms with Crippen molar-refractivity contribution in [3.8, 4) is 0 Å². The van der Waals surface area contributed by atoms with Crippen LogP contribution in [0.25, 0.3) is 0 Å². The largest absolute Gasteiger partial charge is 0.389 e. The van der Waals surface area contributed by atoms with Crippen molar-refractivity contribution in [2.24, 2.45) is 7.05 Å². The molecule has 0 aliphatic heterocycles. The van der Waals surface area contributed by atoms with Crippen LogP contribution in [-0.2, 0) is 24.9 Å². The fourth-order valence-corrected chi connectivity index (χ4v) is 2.02. The molecule has 0 radical (unpaired) electrons. The Morgan fingerprint density at radius 2 is 2.10 bits per heavy atom. The molecule has 0 saturated carbocycles. The van der Waals surface area contributed by atoms with E-state index in [9.17, 15) is 5.11 Å². The summed E-state index contributed by atoms with van der Waals surface area (Å²) < 4.78 is 7.23. The van der Waals surface area contributed by atoms with Crippen molar-refractivity contribution in [1.29, 1.82) is 0 Å². The van der Waals surface area contributed by atoms with Gasteiger partial charge in [0.15, 0.2) is 0 Å². The normalized spacial score (nSPS) is 12.5. The Morgan fingerprint density at radius 3 is 2.76 bits per heavy atom. The van der Waals surface area contributed by atoms with Crippen LogP contribution in [0.3, 0.4) is 0 Å². The van der Waals surface area contributed by atoms with E-state index in [1.54, 1.807) is 10.9 Å². The first-order chi connectivity index (χ1) is 10.1. The van der Waals surface area contributed by atoms with Gasteiger partial charge in [0.05, 0.1) is 25.5 Å². The van der Waals surface area contributed by atoms with Gasteiger partial charge in [-0.1, -0.05) is 23.7 Å². The van der Waals surface area contributed by atoms with Gasteiger partial charge in [0, 0.05) is 36.9 Å². The number of ether oxygens (including phenoxy) is 1. The first-order valence-corrected chi connectivity index (χ1v) is 7.20. The van der Waals surface area contributed by atoms with E-state index in [-0.39, 0.29) is 0 Å². The summed E-state index contributed by atoms with van der Waals surface area (Å²) in [5.74, 6) is 0. The topological polar surface area (TPSA) is 59.3 Å². The monoisotopic (exact) mass is 309 g/mol. The Balaban J connectivity index is 1.59. The average Bonchev–Trinajstić information content (AvgIpc) is 2.87. The number of hydrogen-bond acceptors (Lipinski definition) is 4. The first kappa shape index (κ1) is 16.0. The van der Waals surface area contributed by atoms with E-state index >= 15 is 0 Å². The second kappa shape index (κ2) is 8.14. The maximum atomic E-state index is 9.83. The molecular weight excluding hydrogens is 290 g/mol. The van der Waals surface area contributed by atoms with Crippen molar-refractivity contribution in [2.75, 3.05) is 13.2 Å². The van der Waals surface area contributed by atoms with Crippen molar-refractivity contribution in [3.05, 3.63) is 52.8 Å². The Hall–Kier alpha value is -1.40. The molecule has 0 saturated heterocycles. The summed E-state index contributed by atoms with van der Waals surface area (Å²) in [5.41, 5.74) is 2.13. The molecule has 1 heterocycles. The second-order valence-electron chi connectivity index (χ2n) is 4.95. The average molecular weight is 310 g/mol. The van der Waals surface area contributed by atoms with Crippen LogP contribution in [0.1, 0.15) is 11.1 Å². The summed E-state index contributed by atoms with van der Waals surface area (Å²) in [6.07, 6.45) is 3.21. The van der Waals surface area contributed by atoms with Gasteiger partial charge in [-0.15, -0.1) is 0 Å². The summed E-state index contributed by atoms with van der Waals surface area (Å²) in [7, 11) is 1.88. The smallest absolute Gasteiger partial charge is 0.0897 e. The fourth-order valence-electron chi connectivity index (χ4n) is 1.90. The number of halogens is 1. The van der Waals surface area contributed by atoms with Gasteiger partial charge in [-0.05, 0) is 17.7 Å². The van der Waals surface area contributed by atoms with Crippen molar-refractivity contribution in [2.45, 2.75) is 19.3 Å². The number of benzene rings is 1. The van der Waals surface area contributed by atoms with Crippen molar-refractivity contribution in [3.63, 3.8) is 0 Å². The van der Waals surface area contributed by atoms with E-state index < -0.39 is 6.10 Å². The Morgan fingerprint density at radius 1 is 1.33 bits per heavy atom. The van der Waals surface area contributed by atoms with Crippen molar-refractivity contribution >= 4 is 11.6 Å². The van der Waals surface area contributed by atoms with E-state index in [0.29, 0.717) is 31.3 Å². The molecule has 2 N–H and O–H groups in total. The molecule has 5 nitrogen and oxygen atoms in total. The number of aliphatic hydroxyl groups is 1.